The fourth-order valence-electron chi connectivity index (χ4n) is 3.12. The van der Waals surface area contributed by atoms with Crippen molar-refractivity contribution in [3.8, 4) is 5.75 Å². The molecule has 130 valence electrons. The summed E-state index contributed by atoms with van der Waals surface area (Å²) in [5.41, 5.74) is 0.984. The van der Waals surface area contributed by atoms with Crippen LogP contribution < -0.4 is 15.0 Å². The number of nitrogens with one attached hydrogen (secondary N) is 1. The lowest BCUT2D eigenvalue weighted by Gasteiger charge is -2.34. The number of benzene rings is 1. The first-order valence-electron chi connectivity index (χ1n) is 8.36. The highest BCUT2D eigenvalue weighted by molar-refractivity contribution is 6.04. The van der Waals surface area contributed by atoms with Gasteiger partial charge in [-0.05, 0) is 13.1 Å². The second kappa shape index (κ2) is 7.68. The zero-order chi connectivity index (χ0) is 16.9. The molecule has 2 heterocycles. The maximum atomic E-state index is 5.61. The van der Waals surface area contributed by atoms with Crippen molar-refractivity contribution < 1.29 is 9.47 Å². The number of aromatic nitrogens is 1. The first kappa shape index (κ1) is 16.8. The Morgan fingerprint density at radius 2 is 1.96 bits per heavy atom. The van der Waals surface area contributed by atoms with Gasteiger partial charge in [-0.2, -0.15) is 0 Å². The van der Waals surface area contributed by atoms with Gasteiger partial charge in [0.05, 0.1) is 31.0 Å². The first-order chi connectivity index (χ1) is 11.7. The second-order valence-corrected chi connectivity index (χ2v) is 6.09. The van der Waals surface area contributed by atoms with Crippen LogP contribution in [0.15, 0.2) is 24.4 Å². The van der Waals surface area contributed by atoms with Crippen molar-refractivity contribution >= 4 is 22.3 Å². The molecule has 0 aliphatic carbocycles. The maximum absolute atomic E-state index is 5.61. The summed E-state index contributed by atoms with van der Waals surface area (Å²) in [6.07, 6.45) is 1.91. The number of rotatable bonds is 6. The molecule has 1 aromatic carbocycles. The third kappa shape index (κ3) is 3.39. The van der Waals surface area contributed by atoms with Gasteiger partial charge in [-0.15, -0.1) is 0 Å². The van der Waals surface area contributed by atoms with E-state index in [0.717, 1.165) is 60.8 Å². The van der Waals surface area contributed by atoms with Gasteiger partial charge in [-0.3, -0.25) is 0 Å². The molecule has 0 bridgehead atoms. The number of nitrogens with zero attached hydrogens (tertiary/aromatic N) is 3. The van der Waals surface area contributed by atoms with E-state index in [1.54, 1.807) is 14.2 Å². The van der Waals surface area contributed by atoms with Crippen molar-refractivity contribution in [3.63, 3.8) is 0 Å². The van der Waals surface area contributed by atoms with Crippen LogP contribution in [-0.2, 0) is 4.74 Å². The van der Waals surface area contributed by atoms with E-state index in [4.69, 9.17) is 14.5 Å². The van der Waals surface area contributed by atoms with Crippen LogP contribution in [0, 0.1) is 0 Å². The largest absolute Gasteiger partial charge is 0.496 e. The van der Waals surface area contributed by atoms with Gasteiger partial charge in [0.25, 0.3) is 0 Å². The van der Waals surface area contributed by atoms with E-state index in [9.17, 15) is 0 Å². The number of hydrogen-bond donors (Lipinski definition) is 1. The molecule has 0 saturated carbocycles. The van der Waals surface area contributed by atoms with Crippen molar-refractivity contribution in [1.29, 1.82) is 0 Å². The van der Waals surface area contributed by atoms with Gasteiger partial charge >= 0.3 is 0 Å². The number of likely N-dealkylation sites (N-methyl/N-ethyl adjacent to an activating group) is 1. The van der Waals surface area contributed by atoms with Gasteiger partial charge in [-0.25, -0.2) is 4.98 Å². The van der Waals surface area contributed by atoms with Crippen LogP contribution >= 0.6 is 0 Å². The summed E-state index contributed by atoms with van der Waals surface area (Å²) in [7, 11) is 5.58. The van der Waals surface area contributed by atoms with Crippen LogP contribution in [0.25, 0.3) is 10.8 Å². The van der Waals surface area contributed by atoms with Gasteiger partial charge < -0.3 is 24.6 Å². The highest BCUT2D eigenvalue weighted by Gasteiger charge is 2.20. The molecule has 6 nitrogen and oxygen atoms in total. The van der Waals surface area contributed by atoms with Gasteiger partial charge in [0, 0.05) is 45.2 Å². The lowest BCUT2D eigenvalue weighted by Crippen LogP contribution is -2.44. The van der Waals surface area contributed by atoms with Crippen molar-refractivity contribution in [3.05, 3.63) is 24.4 Å². The Hall–Kier alpha value is -2.05. The van der Waals surface area contributed by atoms with Crippen molar-refractivity contribution in [2.45, 2.75) is 0 Å². The van der Waals surface area contributed by atoms with Crippen LogP contribution in [0.2, 0.25) is 0 Å². The maximum Gasteiger partial charge on any atom is 0.136 e. The van der Waals surface area contributed by atoms with Crippen LogP contribution in [0.1, 0.15) is 0 Å². The normalized spacial score (nSPS) is 15.7. The van der Waals surface area contributed by atoms with Crippen LogP contribution in [0.4, 0.5) is 11.5 Å². The van der Waals surface area contributed by atoms with Crippen molar-refractivity contribution in [1.82, 2.24) is 9.88 Å². The summed E-state index contributed by atoms with van der Waals surface area (Å²) >= 11 is 0. The smallest absolute Gasteiger partial charge is 0.136 e. The fraction of sp³-hybridized carbons (Fsp3) is 0.500. The minimum absolute atomic E-state index is 0.650. The molecule has 2 aromatic rings. The predicted octanol–water partition coefficient (Wildman–Crippen LogP) is 2.05. The van der Waals surface area contributed by atoms with E-state index in [2.05, 4.69) is 28.2 Å². The molecule has 0 radical (unpaired) electrons. The molecule has 0 unspecified atom stereocenters. The minimum Gasteiger partial charge on any atom is -0.496 e. The number of methoxy groups -OCH3 is 2. The lowest BCUT2D eigenvalue weighted by molar-refractivity contribution is 0.211. The second-order valence-electron chi connectivity index (χ2n) is 6.09. The standard InChI is InChI=1S/C18H26N4O2/c1-21-8-10-22(11-9-21)18-14-5-4-6-16(24-3)17(14)15(13-20-18)19-7-12-23-2/h4-6,13,19H,7-12H2,1-3H3. The number of ether oxygens (including phenoxy) is 2. The Labute approximate surface area is 143 Å². The average Bonchev–Trinajstić information content (AvgIpc) is 2.62. The van der Waals surface area contributed by atoms with Gasteiger partial charge in [0.15, 0.2) is 0 Å². The predicted molar refractivity (Wildman–Crippen MR) is 98.4 cm³/mol. The zero-order valence-electron chi connectivity index (χ0n) is 14.7. The van der Waals surface area contributed by atoms with E-state index in [1.807, 2.05) is 18.3 Å². The number of hydrogen-bond acceptors (Lipinski definition) is 6. The lowest BCUT2D eigenvalue weighted by atomic mass is 10.1. The van der Waals surface area contributed by atoms with Crippen LogP contribution in [0.3, 0.4) is 0 Å². The van der Waals surface area contributed by atoms with E-state index in [-0.39, 0.29) is 0 Å². The molecule has 6 heteroatoms. The molecule has 1 fully saturated rings. The summed E-state index contributed by atoms with van der Waals surface area (Å²) in [5.74, 6) is 1.90. The molecule has 1 N–H and O–H groups in total. The summed E-state index contributed by atoms with van der Waals surface area (Å²) in [5, 5.41) is 5.62. The van der Waals surface area contributed by atoms with Gasteiger partial charge in [-0.1, -0.05) is 12.1 Å². The third-order valence-corrected chi connectivity index (χ3v) is 4.50. The van der Waals surface area contributed by atoms with Crippen molar-refractivity contribution in [2.24, 2.45) is 0 Å². The number of piperazine rings is 1. The Morgan fingerprint density at radius 3 is 2.67 bits per heavy atom. The van der Waals surface area contributed by atoms with E-state index in [1.165, 1.54) is 0 Å². The highest BCUT2D eigenvalue weighted by Crippen LogP contribution is 2.36. The van der Waals surface area contributed by atoms with Crippen LogP contribution in [-0.4, -0.2) is 70.5 Å². The number of anilines is 2. The average molecular weight is 330 g/mol. The van der Waals surface area contributed by atoms with Crippen molar-refractivity contribution in [2.75, 3.05) is 70.8 Å². The quantitative estimate of drug-likeness (QED) is 0.818. The van der Waals surface area contributed by atoms with Gasteiger partial charge in [0.2, 0.25) is 0 Å². The third-order valence-electron chi connectivity index (χ3n) is 4.50. The highest BCUT2D eigenvalue weighted by atomic mass is 16.5. The summed E-state index contributed by atoms with van der Waals surface area (Å²) < 4.78 is 10.7. The van der Waals surface area contributed by atoms with Gasteiger partial charge in [0.1, 0.15) is 11.6 Å². The molecular weight excluding hydrogens is 304 g/mol. The molecule has 24 heavy (non-hydrogen) atoms. The summed E-state index contributed by atoms with van der Waals surface area (Å²) in [6, 6.07) is 6.15. The molecule has 1 aromatic heterocycles. The Kier molecular flexibility index (Phi) is 5.37. The number of fused-ring (bicyclic) bond motifs is 1. The molecule has 1 saturated heterocycles. The zero-order valence-corrected chi connectivity index (χ0v) is 14.7. The molecule has 1 aliphatic rings. The Balaban J connectivity index is 2.01. The summed E-state index contributed by atoms with van der Waals surface area (Å²) in [6.45, 7) is 5.48. The molecule has 0 atom stereocenters. The minimum atomic E-state index is 0.650. The SMILES string of the molecule is COCCNc1cnc(N2CCN(C)CC2)c2cccc(OC)c12. The molecule has 0 amide bonds. The molecule has 1 aliphatic heterocycles. The van der Waals surface area contributed by atoms with Crippen LogP contribution in [0.5, 0.6) is 5.75 Å². The molecular formula is C18H26N4O2. The fourth-order valence-corrected chi connectivity index (χ4v) is 3.12. The monoisotopic (exact) mass is 330 g/mol. The molecule has 0 spiro atoms. The van der Waals surface area contributed by atoms with E-state index in [0.29, 0.717) is 6.61 Å². The topological polar surface area (TPSA) is 49.9 Å². The Morgan fingerprint density at radius 1 is 1.17 bits per heavy atom. The van der Waals surface area contributed by atoms with E-state index >= 15 is 0 Å². The van der Waals surface area contributed by atoms with E-state index < -0.39 is 0 Å². The Bertz CT molecular complexity index is 684. The first-order valence-corrected chi connectivity index (χ1v) is 8.36. The molecule has 3 rings (SSSR count). The number of pyridine rings is 1. The summed E-state index contributed by atoms with van der Waals surface area (Å²) in [4.78, 5) is 9.47.